The van der Waals surface area contributed by atoms with Crippen molar-refractivity contribution >= 4 is 11.6 Å². The number of hydrogen-bond donors (Lipinski definition) is 2. The highest BCUT2D eigenvalue weighted by Gasteiger charge is 2.42. The quantitative estimate of drug-likeness (QED) is 0.863. The van der Waals surface area contributed by atoms with Gasteiger partial charge in [-0.25, -0.2) is 4.98 Å². The molecule has 2 bridgehead atoms. The van der Waals surface area contributed by atoms with Crippen molar-refractivity contribution in [3.8, 4) is 5.88 Å². The van der Waals surface area contributed by atoms with Crippen molar-refractivity contribution in [3.63, 3.8) is 0 Å². The summed E-state index contributed by atoms with van der Waals surface area (Å²) in [5.41, 5.74) is 0.733. The monoisotopic (exact) mass is 261 g/mol. The number of nitrogens with one attached hydrogen (secondary N) is 2. The van der Waals surface area contributed by atoms with Crippen LogP contribution in [-0.2, 0) is 4.79 Å². The number of ether oxygens (including phenoxy) is 1. The molecule has 0 radical (unpaired) electrons. The summed E-state index contributed by atoms with van der Waals surface area (Å²) in [5, 5.41) is 6.42. The van der Waals surface area contributed by atoms with Gasteiger partial charge in [0.2, 0.25) is 11.8 Å². The van der Waals surface area contributed by atoms with Gasteiger partial charge in [0.1, 0.15) is 0 Å². The van der Waals surface area contributed by atoms with Gasteiger partial charge in [-0.2, -0.15) is 0 Å². The maximum atomic E-state index is 12.2. The molecule has 0 spiro atoms. The van der Waals surface area contributed by atoms with Crippen molar-refractivity contribution in [2.75, 3.05) is 11.9 Å². The summed E-state index contributed by atoms with van der Waals surface area (Å²) >= 11 is 0. The van der Waals surface area contributed by atoms with Crippen LogP contribution in [0.2, 0.25) is 0 Å². The highest BCUT2D eigenvalue weighted by atomic mass is 16.5. The fourth-order valence-electron chi connectivity index (χ4n) is 3.04. The minimum absolute atomic E-state index is 0.102. The standard InChI is InChI=1S/C14H19N3O2/c1-2-19-13-6-4-10(8-15-13)17-14(18)11-7-9-3-5-12(11)16-9/h4,6,8-9,11-12,16H,2-3,5,7H2,1H3,(H,17,18). The number of anilines is 1. The highest BCUT2D eigenvalue weighted by Crippen LogP contribution is 2.33. The molecule has 0 saturated carbocycles. The lowest BCUT2D eigenvalue weighted by molar-refractivity contribution is -0.120. The molecule has 1 aromatic heterocycles. The van der Waals surface area contributed by atoms with Gasteiger partial charge in [-0.15, -0.1) is 0 Å². The molecule has 5 nitrogen and oxygen atoms in total. The van der Waals surface area contributed by atoms with Gasteiger partial charge in [0.25, 0.3) is 0 Å². The lowest BCUT2D eigenvalue weighted by Crippen LogP contribution is -2.32. The normalized spacial score (nSPS) is 28.4. The lowest BCUT2D eigenvalue weighted by Gasteiger charge is -2.19. The molecule has 3 heterocycles. The van der Waals surface area contributed by atoms with Gasteiger partial charge in [-0.1, -0.05) is 0 Å². The van der Waals surface area contributed by atoms with Gasteiger partial charge in [-0.3, -0.25) is 4.79 Å². The third-order valence-corrected chi connectivity index (χ3v) is 3.93. The zero-order valence-electron chi connectivity index (χ0n) is 11.1. The van der Waals surface area contributed by atoms with E-state index in [4.69, 9.17) is 4.74 Å². The predicted octanol–water partition coefficient (Wildman–Crippen LogP) is 1.56. The van der Waals surface area contributed by atoms with Gasteiger partial charge >= 0.3 is 0 Å². The molecule has 5 heteroatoms. The minimum Gasteiger partial charge on any atom is -0.478 e. The van der Waals surface area contributed by atoms with Crippen LogP contribution in [-0.4, -0.2) is 29.6 Å². The Kier molecular flexibility index (Phi) is 3.38. The summed E-state index contributed by atoms with van der Waals surface area (Å²) in [6, 6.07) is 4.51. The fourth-order valence-corrected chi connectivity index (χ4v) is 3.04. The Balaban J connectivity index is 1.60. The van der Waals surface area contributed by atoms with E-state index in [0.717, 1.165) is 18.5 Å². The molecular formula is C14H19N3O2. The fraction of sp³-hybridized carbons (Fsp3) is 0.571. The molecule has 0 aromatic carbocycles. The minimum atomic E-state index is 0.102. The van der Waals surface area contributed by atoms with Crippen molar-refractivity contribution in [2.24, 2.45) is 5.92 Å². The molecule has 1 amide bonds. The third-order valence-electron chi connectivity index (χ3n) is 3.93. The Hall–Kier alpha value is -1.62. The number of amides is 1. The zero-order valence-corrected chi connectivity index (χ0v) is 11.1. The van der Waals surface area contributed by atoms with Crippen molar-refractivity contribution in [3.05, 3.63) is 18.3 Å². The van der Waals surface area contributed by atoms with Crippen LogP contribution in [0.15, 0.2) is 18.3 Å². The first kappa shape index (κ1) is 12.4. The van der Waals surface area contributed by atoms with Crippen LogP contribution >= 0.6 is 0 Å². The highest BCUT2D eigenvalue weighted by molar-refractivity contribution is 5.93. The molecule has 2 saturated heterocycles. The Morgan fingerprint density at radius 2 is 2.42 bits per heavy atom. The first-order valence-corrected chi connectivity index (χ1v) is 6.92. The molecule has 102 valence electrons. The number of carbonyl (C=O) groups excluding carboxylic acids is 1. The van der Waals surface area contributed by atoms with Gasteiger partial charge in [0.05, 0.1) is 24.4 Å². The number of rotatable bonds is 4. The van der Waals surface area contributed by atoms with E-state index in [1.165, 1.54) is 6.42 Å². The Morgan fingerprint density at radius 1 is 1.53 bits per heavy atom. The van der Waals surface area contributed by atoms with Crippen molar-refractivity contribution in [2.45, 2.75) is 38.3 Å². The number of nitrogens with zero attached hydrogens (tertiary/aromatic N) is 1. The molecule has 2 aliphatic rings. The smallest absolute Gasteiger partial charge is 0.229 e. The molecule has 3 rings (SSSR count). The van der Waals surface area contributed by atoms with Crippen LogP contribution in [0.5, 0.6) is 5.88 Å². The molecule has 2 N–H and O–H groups in total. The van der Waals surface area contributed by atoms with E-state index in [9.17, 15) is 4.79 Å². The predicted molar refractivity (Wildman–Crippen MR) is 72.1 cm³/mol. The molecule has 2 aliphatic heterocycles. The molecule has 0 aliphatic carbocycles. The Labute approximate surface area is 112 Å². The Morgan fingerprint density at radius 3 is 3.00 bits per heavy atom. The zero-order chi connectivity index (χ0) is 13.2. The number of pyridine rings is 1. The van der Waals surface area contributed by atoms with Crippen LogP contribution in [0.4, 0.5) is 5.69 Å². The maximum absolute atomic E-state index is 12.2. The second kappa shape index (κ2) is 5.17. The van der Waals surface area contributed by atoms with Crippen LogP contribution in [0.25, 0.3) is 0 Å². The van der Waals surface area contributed by atoms with Crippen LogP contribution in [0.1, 0.15) is 26.2 Å². The molecule has 19 heavy (non-hydrogen) atoms. The largest absolute Gasteiger partial charge is 0.478 e. The third kappa shape index (κ3) is 2.56. The number of fused-ring (bicyclic) bond motifs is 2. The molecule has 3 atom stereocenters. The van der Waals surface area contributed by atoms with E-state index in [-0.39, 0.29) is 11.8 Å². The summed E-state index contributed by atoms with van der Waals surface area (Å²) in [6.45, 7) is 2.51. The summed E-state index contributed by atoms with van der Waals surface area (Å²) < 4.78 is 5.27. The summed E-state index contributed by atoms with van der Waals surface area (Å²) in [6.07, 6.45) is 4.92. The molecule has 1 aromatic rings. The number of carbonyl (C=O) groups is 1. The van der Waals surface area contributed by atoms with Crippen LogP contribution in [0.3, 0.4) is 0 Å². The average Bonchev–Trinajstić information content (AvgIpc) is 3.04. The first-order valence-electron chi connectivity index (χ1n) is 6.92. The first-order chi connectivity index (χ1) is 9.26. The molecular weight excluding hydrogens is 242 g/mol. The topological polar surface area (TPSA) is 63.2 Å². The summed E-state index contributed by atoms with van der Waals surface area (Å²) in [5.74, 6) is 0.790. The van der Waals surface area contributed by atoms with Crippen molar-refractivity contribution < 1.29 is 9.53 Å². The summed E-state index contributed by atoms with van der Waals surface area (Å²) in [4.78, 5) is 16.3. The van der Waals surface area contributed by atoms with Gasteiger partial charge < -0.3 is 15.4 Å². The van der Waals surface area contributed by atoms with E-state index in [0.29, 0.717) is 24.6 Å². The van der Waals surface area contributed by atoms with Gasteiger partial charge in [0, 0.05) is 18.2 Å². The lowest BCUT2D eigenvalue weighted by atomic mass is 9.88. The van der Waals surface area contributed by atoms with E-state index in [1.807, 2.05) is 13.0 Å². The van der Waals surface area contributed by atoms with Crippen LogP contribution in [0, 0.1) is 5.92 Å². The SMILES string of the molecule is CCOc1ccc(NC(=O)C2CC3CCC2N3)cn1. The Bertz CT molecular complexity index is 460. The van der Waals surface area contributed by atoms with E-state index in [2.05, 4.69) is 15.6 Å². The van der Waals surface area contributed by atoms with Crippen molar-refractivity contribution in [1.82, 2.24) is 10.3 Å². The van der Waals surface area contributed by atoms with Gasteiger partial charge in [0.15, 0.2) is 0 Å². The van der Waals surface area contributed by atoms with Gasteiger partial charge in [-0.05, 0) is 32.3 Å². The second-order valence-electron chi connectivity index (χ2n) is 5.20. The van der Waals surface area contributed by atoms with E-state index in [1.54, 1.807) is 12.3 Å². The van der Waals surface area contributed by atoms with E-state index < -0.39 is 0 Å². The number of aromatic nitrogens is 1. The van der Waals surface area contributed by atoms with Crippen molar-refractivity contribution in [1.29, 1.82) is 0 Å². The molecule has 2 fully saturated rings. The number of hydrogen-bond acceptors (Lipinski definition) is 4. The second-order valence-corrected chi connectivity index (χ2v) is 5.20. The van der Waals surface area contributed by atoms with E-state index >= 15 is 0 Å². The summed E-state index contributed by atoms with van der Waals surface area (Å²) in [7, 11) is 0. The maximum Gasteiger partial charge on any atom is 0.229 e. The molecule has 3 unspecified atom stereocenters. The van der Waals surface area contributed by atoms with Crippen LogP contribution < -0.4 is 15.4 Å². The average molecular weight is 261 g/mol.